The van der Waals surface area contributed by atoms with E-state index in [0.717, 1.165) is 21.6 Å². The largest absolute Gasteiger partial charge is 0.478 e. The molecule has 0 atom stereocenters. The van der Waals surface area contributed by atoms with E-state index in [-0.39, 0.29) is 16.5 Å². The Bertz CT molecular complexity index is 697. The van der Waals surface area contributed by atoms with Crippen LogP contribution in [0.5, 0.6) is 0 Å². The fraction of sp³-hybridized carbons (Fsp3) is 0.154. The normalized spacial score (nSPS) is 10.3. The Labute approximate surface area is 127 Å². The molecule has 0 spiro atoms. The van der Waals surface area contributed by atoms with Crippen LogP contribution < -0.4 is 5.32 Å². The van der Waals surface area contributed by atoms with Gasteiger partial charge in [0, 0.05) is 10.0 Å². The highest BCUT2D eigenvalue weighted by Crippen LogP contribution is 2.25. The van der Waals surface area contributed by atoms with Crippen LogP contribution in [0, 0.1) is 13.8 Å². The topological polar surface area (TPSA) is 79.3 Å². The molecule has 0 bridgehead atoms. The Morgan fingerprint density at radius 3 is 2.65 bits per heavy atom. The maximum absolute atomic E-state index is 12.1. The first-order valence-corrected chi connectivity index (χ1v) is 7.24. The molecule has 20 heavy (non-hydrogen) atoms. The standard InChI is InChI=1S/C13H11BrN2O3S/c1-6-5-8(3-4-9(6)14)11(17)15-12-10(13(18)19)7(2)16-20-12/h3-5H,1-2H3,(H,15,17)(H,18,19). The van der Waals surface area contributed by atoms with Crippen molar-refractivity contribution in [2.45, 2.75) is 13.8 Å². The van der Waals surface area contributed by atoms with Crippen molar-refractivity contribution in [2.75, 3.05) is 5.32 Å². The highest BCUT2D eigenvalue weighted by molar-refractivity contribution is 9.10. The molecule has 0 aliphatic rings. The van der Waals surface area contributed by atoms with Gasteiger partial charge in [-0.25, -0.2) is 4.79 Å². The molecule has 2 aromatic rings. The Morgan fingerprint density at radius 2 is 2.05 bits per heavy atom. The van der Waals surface area contributed by atoms with Crippen LogP contribution in [-0.4, -0.2) is 21.4 Å². The number of aryl methyl sites for hydroxylation is 2. The first kappa shape index (κ1) is 14.7. The number of amides is 1. The molecule has 5 nitrogen and oxygen atoms in total. The van der Waals surface area contributed by atoms with Crippen LogP contribution >= 0.6 is 27.5 Å². The van der Waals surface area contributed by atoms with Crippen molar-refractivity contribution < 1.29 is 14.7 Å². The summed E-state index contributed by atoms with van der Waals surface area (Å²) >= 11 is 4.32. The molecule has 0 aliphatic heterocycles. The number of benzene rings is 1. The molecule has 0 aliphatic carbocycles. The van der Waals surface area contributed by atoms with Gasteiger partial charge in [0.05, 0.1) is 5.69 Å². The minimum atomic E-state index is -1.10. The van der Waals surface area contributed by atoms with E-state index in [0.29, 0.717) is 11.3 Å². The summed E-state index contributed by atoms with van der Waals surface area (Å²) in [4.78, 5) is 23.3. The highest BCUT2D eigenvalue weighted by Gasteiger charge is 2.19. The van der Waals surface area contributed by atoms with Crippen LogP contribution in [0.3, 0.4) is 0 Å². The summed E-state index contributed by atoms with van der Waals surface area (Å²) in [5.74, 6) is -1.45. The van der Waals surface area contributed by atoms with Crippen molar-refractivity contribution in [1.82, 2.24) is 4.37 Å². The number of nitrogens with zero attached hydrogens (tertiary/aromatic N) is 1. The number of halogens is 1. The van der Waals surface area contributed by atoms with Crippen LogP contribution in [0.4, 0.5) is 5.00 Å². The molecule has 7 heteroatoms. The van der Waals surface area contributed by atoms with Crippen LogP contribution in [0.2, 0.25) is 0 Å². The van der Waals surface area contributed by atoms with Crippen molar-refractivity contribution >= 4 is 44.3 Å². The quantitative estimate of drug-likeness (QED) is 0.884. The van der Waals surface area contributed by atoms with E-state index in [1.54, 1.807) is 25.1 Å². The maximum Gasteiger partial charge on any atom is 0.340 e. The van der Waals surface area contributed by atoms with Crippen LogP contribution in [0.1, 0.15) is 32.0 Å². The molecule has 104 valence electrons. The summed E-state index contributed by atoms with van der Waals surface area (Å²) in [5.41, 5.74) is 1.83. The Balaban J connectivity index is 2.28. The van der Waals surface area contributed by atoms with Crippen molar-refractivity contribution in [2.24, 2.45) is 0 Å². The zero-order valence-corrected chi connectivity index (χ0v) is 13.1. The van der Waals surface area contributed by atoms with Crippen LogP contribution in [0.15, 0.2) is 22.7 Å². The van der Waals surface area contributed by atoms with E-state index in [4.69, 9.17) is 5.11 Å². The van der Waals surface area contributed by atoms with E-state index < -0.39 is 5.97 Å². The van der Waals surface area contributed by atoms with Gasteiger partial charge in [0.25, 0.3) is 5.91 Å². The van der Waals surface area contributed by atoms with Gasteiger partial charge in [-0.1, -0.05) is 15.9 Å². The molecular formula is C13H11BrN2O3S. The maximum atomic E-state index is 12.1. The van der Waals surface area contributed by atoms with Gasteiger partial charge in [-0.3, -0.25) is 4.79 Å². The first-order valence-electron chi connectivity index (χ1n) is 5.67. The minimum absolute atomic E-state index is 0.0391. The zero-order valence-electron chi connectivity index (χ0n) is 10.7. The minimum Gasteiger partial charge on any atom is -0.478 e. The van der Waals surface area contributed by atoms with Gasteiger partial charge in [0.2, 0.25) is 0 Å². The van der Waals surface area contributed by atoms with E-state index >= 15 is 0 Å². The summed E-state index contributed by atoms with van der Waals surface area (Å²) in [6, 6.07) is 5.18. The van der Waals surface area contributed by atoms with Crippen molar-refractivity contribution in [3.63, 3.8) is 0 Å². The third-order valence-electron chi connectivity index (χ3n) is 2.72. The number of rotatable bonds is 3. The van der Waals surface area contributed by atoms with E-state index in [9.17, 15) is 9.59 Å². The average Bonchev–Trinajstić information content (AvgIpc) is 2.73. The fourth-order valence-corrected chi connectivity index (χ4v) is 2.70. The Kier molecular flexibility index (Phi) is 4.20. The lowest BCUT2D eigenvalue weighted by atomic mass is 10.1. The second-order valence-electron chi connectivity index (χ2n) is 4.20. The SMILES string of the molecule is Cc1cc(C(=O)Nc2snc(C)c2C(=O)O)ccc1Br. The predicted octanol–water partition coefficient (Wildman–Crippen LogP) is 3.47. The number of aromatic carboxylic acids is 1. The smallest absolute Gasteiger partial charge is 0.340 e. The van der Waals surface area contributed by atoms with Gasteiger partial charge in [-0.2, -0.15) is 4.37 Å². The molecule has 0 fully saturated rings. The number of carbonyl (C=O) groups excluding carboxylic acids is 1. The molecule has 0 unspecified atom stereocenters. The Morgan fingerprint density at radius 1 is 1.35 bits per heavy atom. The number of carboxylic acid groups (broad SMARTS) is 1. The summed E-state index contributed by atoms with van der Waals surface area (Å²) in [5, 5.41) is 12.0. The molecule has 1 heterocycles. The molecule has 0 radical (unpaired) electrons. The summed E-state index contributed by atoms with van der Waals surface area (Å²) in [7, 11) is 0. The van der Waals surface area contributed by atoms with Gasteiger partial charge in [-0.15, -0.1) is 0 Å². The lowest BCUT2D eigenvalue weighted by molar-refractivity contribution is 0.0697. The molecule has 1 aromatic carbocycles. The number of carbonyl (C=O) groups is 2. The second kappa shape index (κ2) is 5.72. The molecule has 0 saturated carbocycles. The lowest BCUT2D eigenvalue weighted by Gasteiger charge is -2.05. The monoisotopic (exact) mass is 354 g/mol. The number of anilines is 1. The number of carboxylic acids is 1. The third kappa shape index (κ3) is 2.88. The van der Waals surface area contributed by atoms with Gasteiger partial charge in [-0.05, 0) is 49.1 Å². The van der Waals surface area contributed by atoms with E-state index in [1.807, 2.05) is 6.92 Å². The molecular weight excluding hydrogens is 344 g/mol. The number of hydrogen-bond donors (Lipinski definition) is 2. The van der Waals surface area contributed by atoms with Crippen molar-refractivity contribution in [3.05, 3.63) is 45.1 Å². The van der Waals surface area contributed by atoms with Crippen molar-refractivity contribution in [3.8, 4) is 0 Å². The van der Waals surface area contributed by atoms with E-state index in [1.165, 1.54) is 0 Å². The van der Waals surface area contributed by atoms with Crippen LogP contribution in [0.25, 0.3) is 0 Å². The summed E-state index contributed by atoms with van der Waals surface area (Å²) in [6.07, 6.45) is 0. The van der Waals surface area contributed by atoms with Gasteiger partial charge < -0.3 is 10.4 Å². The molecule has 1 aromatic heterocycles. The van der Waals surface area contributed by atoms with E-state index in [2.05, 4.69) is 25.6 Å². The number of nitrogens with one attached hydrogen (secondary N) is 1. The summed E-state index contributed by atoms with van der Waals surface area (Å²) in [6.45, 7) is 3.47. The predicted molar refractivity (Wildman–Crippen MR) is 80.6 cm³/mol. The number of aromatic nitrogens is 1. The average molecular weight is 355 g/mol. The fourth-order valence-electron chi connectivity index (χ4n) is 1.67. The zero-order chi connectivity index (χ0) is 14.9. The van der Waals surface area contributed by atoms with Gasteiger partial charge in [0.15, 0.2) is 0 Å². The molecule has 2 N–H and O–H groups in total. The van der Waals surface area contributed by atoms with Crippen molar-refractivity contribution in [1.29, 1.82) is 0 Å². The molecule has 0 saturated heterocycles. The Hall–Kier alpha value is -1.73. The third-order valence-corrected chi connectivity index (χ3v) is 4.47. The van der Waals surface area contributed by atoms with Crippen LogP contribution in [-0.2, 0) is 0 Å². The van der Waals surface area contributed by atoms with Gasteiger partial charge in [0.1, 0.15) is 10.6 Å². The highest BCUT2D eigenvalue weighted by atomic mass is 79.9. The second-order valence-corrected chi connectivity index (χ2v) is 5.82. The lowest BCUT2D eigenvalue weighted by Crippen LogP contribution is -2.13. The first-order chi connectivity index (χ1) is 9.40. The summed E-state index contributed by atoms with van der Waals surface area (Å²) < 4.78 is 4.87. The number of hydrogen-bond acceptors (Lipinski definition) is 4. The molecule has 1 amide bonds. The molecule has 2 rings (SSSR count). The van der Waals surface area contributed by atoms with Gasteiger partial charge >= 0.3 is 5.97 Å².